The van der Waals surface area contributed by atoms with Crippen molar-refractivity contribution in [3.05, 3.63) is 75.8 Å². The largest absolute Gasteiger partial charge is 0.266 e. The molecule has 0 radical (unpaired) electrons. The van der Waals surface area contributed by atoms with E-state index < -0.39 is 0 Å². The molecule has 0 unspecified atom stereocenters. The van der Waals surface area contributed by atoms with Crippen LogP contribution >= 0.6 is 11.6 Å². The van der Waals surface area contributed by atoms with Gasteiger partial charge in [0.15, 0.2) is 0 Å². The second-order valence-corrected chi connectivity index (χ2v) is 5.82. The second-order valence-electron chi connectivity index (χ2n) is 5.42. The van der Waals surface area contributed by atoms with Crippen molar-refractivity contribution in [2.24, 2.45) is 10.1 Å². The Bertz CT molecular complexity index is 791. The number of rotatable bonds is 3. The van der Waals surface area contributed by atoms with Crippen molar-refractivity contribution >= 4 is 29.7 Å². The van der Waals surface area contributed by atoms with Crippen molar-refractivity contribution in [1.82, 2.24) is 5.43 Å². The SMILES string of the molecule is CC(C=NNC1=NCCc2ccccc21)=Cc1ccccc1Cl. The summed E-state index contributed by atoms with van der Waals surface area (Å²) in [7, 11) is 0. The molecule has 0 amide bonds. The van der Waals surface area contributed by atoms with Crippen molar-refractivity contribution < 1.29 is 0 Å². The fourth-order valence-corrected chi connectivity index (χ4v) is 2.70. The maximum absolute atomic E-state index is 6.16. The minimum Gasteiger partial charge on any atom is -0.266 e. The normalized spacial score (nSPS) is 14.5. The average Bonchev–Trinajstić information content (AvgIpc) is 2.57. The summed E-state index contributed by atoms with van der Waals surface area (Å²) in [6.07, 6.45) is 4.77. The quantitative estimate of drug-likeness (QED) is 0.662. The summed E-state index contributed by atoms with van der Waals surface area (Å²) in [4.78, 5) is 4.52. The molecule has 0 aromatic heterocycles. The van der Waals surface area contributed by atoms with Crippen molar-refractivity contribution in [2.75, 3.05) is 6.54 Å². The number of hydrogen-bond acceptors (Lipinski definition) is 3. The first-order valence-corrected chi connectivity index (χ1v) is 7.96. The van der Waals surface area contributed by atoms with Gasteiger partial charge in [-0.25, -0.2) is 0 Å². The van der Waals surface area contributed by atoms with Crippen LogP contribution in [0.25, 0.3) is 6.08 Å². The van der Waals surface area contributed by atoms with Gasteiger partial charge in [-0.3, -0.25) is 10.4 Å². The zero-order valence-electron chi connectivity index (χ0n) is 13.0. The van der Waals surface area contributed by atoms with Gasteiger partial charge in [0.2, 0.25) is 0 Å². The highest BCUT2D eigenvalue weighted by Crippen LogP contribution is 2.17. The molecule has 2 aromatic rings. The van der Waals surface area contributed by atoms with Gasteiger partial charge in [-0.2, -0.15) is 5.10 Å². The summed E-state index contributed by atoms with van der Waals surface area (Å²) in [5.74, 6) is 0.827. The number of amidine groups is 1. The highest BCUT2D eigenvalue weighted by atomic mass is 35.5. The molecule has 0 aliphatic carbocycles. The molecule has 3 rings (SSSR count). The van der Waals surface area contributed by atoms with Crippen LogP contribution in [0.4, 0.5) is 0 Å². The summed E-state index contributed by atoms with van der Waals surface area (Å²) in [6, 6.07) is 16.0. The van der Waals surface area contributed by atoms with Crippen molar-refractivity contribution in [2.45, 2.75) is 13.3 Å². The number of nitrogens with zero attached hydrogens (tertiary/aromatic N) is 2. The first-order chi connectivity index (χ1) is 11.2. The van der Waals surface area contributed by atoms with E-state index in [0.717, 1.165) is 40.5 Å². The molecule has 0 fully saturated rings. The standard InChI is InChI=1S/C19H18ClN3/c1-14(12-16-7-3-5-9-18(16)20)13-22-23-19-17-8-4-2-6-15(17)10-11-21-19/h2-9,12-13H,10-11H2,1H3,(H,21,23). The van der Waals surface area contributed by atoms with Gasteiger partial charge in [-0.15, -0.1) is 0 Å². The van der Waals surface area contributed by atoms with Crippen molar-refractivity contribution in [3.8, 4) is 0 Å². The molecule has 116 valence electrons. The molecule has 1 N–H and O–H groups in total. The molecule has 1 aliphatic heterocycles. The van der Waals surface area contributed by atoms with E-state index in [2.05, 4.69) is 33.7 Å². The van der Waals surface area contributed by atoms with E-state index in [9.17, 15) is 0 Å². The molecule has 23 heavy (non-hydrogen) atoms. The number of allylic oxidation sites excluding steroid dienone is 1. The fourth-order valence-electron chi connectivity index (χ4n) is 2.51. The fraction of sp³-hybridized carbons (Fsp3) is 0.158. The van der Waals surface area contributed by atoms with Crippen LogP contribution in [0.2, 0.25) is 5.02 Å². The lowest BCUT2D eigenvalue weighted by molar-refractivity contribution is 0.902. The van der Waals surface area contributed by atoms with Crippen LogP contribution in [-0.2, 0) is 6.42 Å². The highest BCUT2D eigenvalue weighted by Gasteiger charge is 2.12. The number of hydrogen-bond donors (Lipinski definition) is 1. The second kappa shape index (κ2) is 7.25. The molecule has 1 heterocycles. The van der Waals surface area contributed by atoms with Crippen LogP contribution in [0.3, 0.4) is 0 Å². The van der Waals surface area contributed by atoms with E-state index in [4.69, 9.17) is 11.6 Å². The van der Waals surface area contributed by atoms with E-state index >= 15 is 0 Å². The molecule has 4 heteroatoms. The Morgan fingerprint density at radius 2 is 1.96 bits per heavy atom. The third kappa shape index (κ3) is 3.88. The zero-order valence-corrected chi connectivity index (χ0v) is 13.7. The Morgan fingerprint density at radius 3 is 2.83 bits per heavy atom. The summed E-state index contributed by atoms with van der Waals surface area (Å²) < 4.78 is 0. The lowest BCUT2D eigenvalue weighted by atomic mass is 10.0. The first kappa shape index (κ1) is 15.5. The van der Waals surface area contributed by atoms with Gasteiger partial charge in [-0.05, 0) is 42.2 Å². The average molecular weight is 324 g/mol. The lowest BCUT2D eigenvalue weighted by Crippen LogP contribution is -2.24. The topological polar surface area (TPSA) is 36.8 Å². The summed E-state index contributed by atoms with van der Waals surface area (Å²) in [5, 5.41) is 5.04. The summed E-state index contributed by atoms with van der Waals surface area (Å²) in [6.45, 7) is 2.79. The van der Waals surface area contributed by atoms with Gasteiger partial charge in [-0.1, -0.05) is 54.1 Å². The number of aliphatic imine (C=N–C) groups is 1. The predicted octanol–water partition coefficient (Wildman–Crippen LogP) is 4.32. The molecule has 0 saturated carbocycles. The summed E-state index contributed by atoms with van der Waals surface area (Å²) >= 11 is 6.16. The van der Waals surface area contributed by atoms with Gasteiger partial charge in [0.1, 0.15) is 5.84 Å². The van der Waals surface area contributed by atoms with Crippen LogP contribution in [0.15, 0.2) is 64.2 Å². The minimum atomic E-state index is 0.735. The highest BCUT2D eigenvalue weighted by molar-refractivity contribution is 6.32. The number of hydrazone groups is 1. The molecular formula is C19H18ClN3. The van der Waals surface area contributed by atoms with Crippen LogP contribution in [-0.4, -0.2) is 18.6 Å². The van der Waals surface area contributed by atoms with Gasteiger partial charge >= 0.3 is 0 Å². The predicted molar refractivity (Wildman–Crippen MR) is 98.3 cm³/mol. The third-order valence-corrected chi connectivity index (χ3v) is 3.99. The molecule has 0 bridgehead atoms. The molecular weight excluding hydrogens is 306 g/mol. The zero-order chi connectivity index (χ0) is 16.1. The Labute approximate surface area is 141 Å². The molecule has 0 atom stereocenters. The lowest BCUT2D eigenvalue weighted by Gasteiger charge is -2.15. The Morgan fingerprint density at radius 1 is 1.17 bits per heavy atom. The Balaban J connectivity index is 1.70. The third-order valence-electron chi connectivity index (χ3n) is 3.65. The molecule has 0 saturated heterocycles. The van der Waals surface area contributed by atoms with E-state index in [1.807, 2.05) is 43.3 Å². The van der Waals surface area contributed by atoms with Crippen molar-refractivity contribution in [3.63, 3.8) is 0 Å². The molecule has 1 aliphatic rings. The van der Waals surface area contributed by atoms with Gasteiger partial charge < -0.3 is 0 Å². The summed E-state index contributed by atoms with van der Waals surface area (Å²) in [5.41, 5.74) is 7.49. The van der Waals surface area contributed by atoms with Crippen LogP contribution < -0.4 is 5.43 Å². The van der Waals surface area contributed by atoms with Gasteiger partial charge in [0.05, 0.1) is 6.21 Å². The maximum atomic E-state index is 6.16. The van der Waals surface area contributed by atoms with E-state index in [0.29, 0.717) is 0 Å². The van der Waals surface area contributed by atoms with E-state index in [-0.39, 0.29) is 0 Å². The van der Waals surface area contributed by atoms with Gasteiger partial charge in [0, 0.05) is 17.1 Å². The van der Waals surface area contributed by atoms with Crippen LogP contribution in [0.5, 0.6) is 0 Å². The van der Waals surface area contributed by atoms with Crippen LogP contribution in [0, 0.1) is 0 Å². The molecule has 0 spiro atoms. The number of nitrogens with one attached hydrogen (secondary N) is 1. The van der Waals surface area contributed by atoms with E-state index in [1.165, 1.54) is 5.56 Å². The Hall–Kier alpha value is -2.39. The van der Waals surface area contributed by atoms with Gasteiger partial charge in [0.25, 0.3) is 0 Å². The Kier molecular flexibility index (Phi) is 4.89. The van der Waals surface area contributed by atoms with E-state index in [1.54, 1.807) is 6.21 Å². The number of halogens is 1. The molecule has 2 aromatic carbocycles. The van der Waals surface area contributed by atoms with Crippen molar-refractivity contribution in [1.29, 1.82) is 0 Å². The number of fused-ring (bicyclic) bond motifs is 1. The monoisotopic (exact) mass is 323 g/mol. The first-order valence-electron chi connectivity index (χ1n) is 7.58. The maximum Gasteiger partial charge on any atom is 0.149 e. The molecule has 3 nitrogen and oxygen atoms in total. The number of benzene rings is 2. The van der Waals surface area contributed by atoms with Crippen LogP contribution in [0.1, 0.15) is 23.6 Å². The minimum absolute atomic E-state index is 0.735. The smallest absolute Gasteiger partial charge is 0.149 e.